The van der Waals surface area contributed by atoms with E-state index in [2.05, 4.69) is 4.72 Å². The summed E-state index contributed by atoms with van der Waals surface area (Å²) in [6, 6.07) is 9.94. The lowest BCUT2D eigenvalue weighted by molar-refractivity contribution is 0.506. The van der Waals surface area contributed by atoms with Gasteiger partial charge in [0.15, 0.2) is 0 Å². The molecule has 1 heterocycles. The van der Waals surface area contributed by atoms with E-state index in [9.17, 15) is 8.42 Å². The van der Waals surface area contributed by atoms with Crippen molar-refractivity contribution in [3.8, 4) is 0 Å². The maximum absolute atomic E-state index is 12.7. The van der Waals surface area contributed by atoms with Crippen LogP contribution in [-0.2, 0) is 22.9 Å². The third kappa shape index (κ3) is 3.02. The maximum atomic E-state index is 12.7. The normalized spacial score (nSPS) is 14.5. The smallest absolute Gasteiger partial charge is 0.261 e. The van der Waals surface area contributed by atoms with Gasteiger partial charge in [-0.05, 0) is 68.1 Å². The lowest BCUT2D eigenvalue weighted by Gasteiger charge is -2.12. The first kappa shape index (κ1) is 16.5. The first-order valence-corrected chi connectivity index (χ1v) is 10.1. The van der Waals surface area contributed by atoms with Crippen LogP contribution in [-0.4, -0.2) is 8.42 Å². The van der Waals surface area contributed by atoms with Crippen LogP contribution in [0.1, 0.15) is 29.7 Å². The minimum absolute atomic E-state index is 0.186. The number of aryl methyl sites for hydroxylation is 3. The summed E-state index contributed by atoms with van der Waals surface area (Å²) in [6.45, 7) is 1.88. The van der Waals surface area contributed by atoms with E-state index in [-0.39, 0.29) is 4.90 Å². The van der Waals surface area contributed by atoms with E-state index >= 15 is 0 Å². The maximum Gasteiger partial charge on any atom is 0.261 e. The summed E-state index contributed by atoms with van der Waals surface area (Å²) in [7, 11) is -3.66. The van der Waals surface area contributed by atoms with Gasteiger partial charge in [0.05, 0.1) is 10.6 Å². The van der Waals surface area contributed by atoms with Crippen molar-refractivity contribution in [3.05, 3.63) is 58.3 Å². The molecule has 0 saturated carbocycles. The Morgan fingerprint density at radius 3 is 2.56 bits per heavy atom. The van der Waals surface area contributed by atoms with Gasteiger partial charge in [-0.2, -0.15) is 0 Å². The van der Waals surface area contributed by atoms with E-state index in [0.717, 1.165) is 48.0 Å². The van der Waals surface area contributed by atoms with Crippen LogP contribution in [0.5, 0.6) is 0 Å². The molecule has 0 radical (unpaired) electrons. The van der Waals surface area contributed by atoms with E-state index in [1.165, 1.54) is 17.7 Å². The van der Waals surface area contributed by atoms with Gasteiger partial charge in [-0.3, -0.25) is 4.72 Å². The number of hydrogen-bond donors (Lipinski definition) is 1. The van der Waals surface area contributed by atoms with Gasteiger partial charge in [-0.15, -0.1) is 0 Å². The van der Waals surface area contributed by atoms with Crippen LogP contribution in [0.25, 0.3) is 11.0 Å². The van der Waals surface area contributed by atoms with E-state index in [4.69, 9.17) is 16.0 Å². The minimum atomic E-state index is -3.66. The molecule has 3 aromatic rings. The fourth-order valence-corrected chi connectivity index (χ4v) is 4.58. The molecule has 0 atom stereocenters. The molecule has 25 heavy (non-hydrogen) atoms. The molecule has 1 aromatic heterocycles. The molecule has 1 N–H and O–H groups in total. The molecule has 6 heteroatoms. The molecule has 2 aromatic carbocycles. The number of halogens is 1. The van der Waals surface area contributed by atoms with Crippen molar-refractivity contribution in [2.45, 2.75) is 37.5 Å². The van der Waals surface area contributed by atoms with Crippen molar-refractivity contribution in [2.75, 3.05) is 4.72 Å². The van der Waals surface area contributed by atoms with E-state index < -0.39 is 10.0 Å². The topological polar surface area (TPSA) is 59.3 Å². The Kier molecular flexibility index (Phi) is 4.01. The van der Waals surface area contributed by atoms with Crippen LogP contribution in [0, 0.1) is 6.92 Å². The van der Waals surface area contributed by atoms with Crippen molar-refractivity contribution in [2.24, 2.45) is 0 Å². The van der Waals surface area contributed by atoms with Crippen LogP contribution >= 0.6 is 11.6 Å². The van der Waals surface area contributed by atoms with Crippen molar-refractivity contribution >= 4 is 38.3 Å². The third-order valence-electron chi connectivity index (χ3n) is 4.67. The molecule has 0 amide bonds. The number of anilines is 1. The summed E-state index contributed by atoms with van der Waals surface area (Å²) in [4.78, 5) is 0.186. The van der Waals surface area contributed by atoms with Crippen LogP contribution in [0.4, 0.5) is 5.69 Å². The predicted molar refractivity (Wildman–Crippen MR) is 99.9 cm³/mol. The van der Waals surface area contributed by atoms with Gasteiger partial charge in [-0.25, -0.2) is 8.42 Å². The monoisotopic (exact) mass is 375 g/mol. The van der Waals surface area contributed by atoms with Gasteiger partial charge in [0, 0.05) is 22.4 Å². The second-order valence-corrected chi connectivity index (χ2v) is 8.55. The lowest BCUT2D eigenvalue weighted by Crippen LogP contribution is -2.13. The molecule has 0 spiro atoms. The first-order chi connectivity index (χ1) is 11.9. The van der Waals surface area contributed by atoms with Crippen molar-refractivity contribution in [1.82, 2.24) is 0 Å². The molecule has 0 aliphatic heterocycles. The second-order valence-electron chi connectivity index (χ2n) is 6.43. The highest BCUT2D eigenvalue weighted by Gasteiger charge is 2.21. The Bertz CT molecular complexity index is 1050. The molecule has 1 aliphatic rings. The first-order valence-electron chi connectivity index (χ1n) is 8.27. The second kappa shape index (κ2) is 6.07. The average molecular weight is 376 g/mol. The summed E-state index contributed by atoms with van der Waals surface area (Å²) < 4.78 is 34.0. The number of nitrogens with one attached hydrogen (secondary N) is 1. The highest BCUT2D eigenvalue weighted by Crippen LogP contribution is 2.35. The number of furan rings is 1. The lowest BCUT2D eigenvalue weighted by atomic mass is 9.95. The van der Waals surface area contributed by atoms with Crippen LogP contribution in [0.15, 0.2) is 45.7 Å². The summed E-state index contributed by atoms with van der Waals surface area (Å²) >= 11 is 5.84. The van der Waals surface area contributed by atoms with Gasteiger partial charge in [-0.1, -0.05) is 11.6 Å². The van der Waals surface area contributed by atoms with E-state index in [0.29, 0.717) is 10.7 Å². The average Bonchev–Trinajstić information content (AvgIpc) is 2.93. The van der Waals surface area contributed by atoms with Crippen molar-refractivity contribution < 1.29 is 12.8 Å². The van der Waals surface area contributed by atoms with Gasteiger partial charge in [0.1, 0.15) is 11.3 Å². The Labute approximate surface area is 151 Å². The SMILES string of the molecule is Cc1cc2oc3c(c2cc1NS(=O)(=O)c1ccc(Cl)cc1)CCCC3. The van der Waals surface area contributed by atoms with Gasteiger partial charge in [0.25, 0.3) is 10.0 Å². The molecule has 1 aliphatic carbocycles. The highest BCUT2D eigenvalue weighted by molar-refractivity contribution is 7.92. The molecular formula is C19H18ClNO3S. The van der Waals surface area contributed by atoms with Gasteiger partial charge >= 0.3 is 0 Å². The zero-order valence-corrected chi connectivity index (χ0v) is 15.4. The molecular weight excluding hydrogens is 358 g/mol. The van der Waals surface area contributed by atoms with Crippen molar-refractivity contribution in [1.29, 1.82) is 0 Å². The number of benzene rings is 2. The fraction of sp³-hybridized carbons (Fsp3) is 0.263. The molecule has 130 valence electrons. The molecule has 0 fully saturated rings. The Morgan fingerprint density at radius 1 is 1.08 bits per heavy atom. The number of rotatable bonds is 3. The van der Waals surface area contributed by atoms with Crippen LogP contribution < -0.4 is 4.72 Å². The van der Waals surface area contributed by atoms with Crippen molar-refractivity contribution in [3.63, 3.8) is 0 Å². The largest absolute Gasteiger partial charge is 0.461 e. The predicted octanol–water partition coefficient (Wildman–Crippen LogP) is 5.07. The summed E-state index contributed by atoms with van der Waals surface area (Å²) in [5, 5.41) is 1.51. The molecule has 0 bridgehead atoms. The number of fused-ring (bicyclic) bond motifs is 3. The number of sulfonamides is 1. The van der Waals surface area contributed by atoms with E-state index in [1.54, 1.807) is 12.1 Å². The third-order valence-corrected chi connectivity index (χ3v) is 6.30. The van der Waals surface area contributed by atoms with E-state index in [1.807, 2.05) is 19.1 Å². The standard InChI is InChI=1S/C19H18ClNO3S/c1-12-10-19-16(15-4-2-3-5-18(15)24-19)11-17(12)21-25(22,23)14-8-6-13(20)7-9-14/h6-11,21H,2-5H2,1H3. The fourth-order valence-electron chi connectivity index (χ4n) is 3.34. The zero-order valence-electron chi connectivity index (χ0n) is 13.8. The molecule has 0 unspecified atom stereocenters. The number of hydrogen-bond acceptors (Lipinski definition) is 3. The van der Waals surface area contributed by atoms with Crippen LogP contribution in [0.3, 0.4) is 0 Å². The molecule has 0 saturated heterocycles. The summed E-state index contributed by atoms with van der Waals surface area (Å²) in [5.41, 5.74) is 3.46. The van der Waals surface area contributed by atoms with Crippen LogP contribution in [0.2, 0.25) is 5.02 Å². The molecule has 4 nitrogen and oxygen atoms in total. The molecule has 4 rings (SSSR count). The quantitative estimate of drug-likeness (QED) is 0.694. The Hall–Kier alpha value is -1.98. The minimum Gasteiger partial charge on any atom is -0.461 e. The summed E-state index contributed by atoms with van der Waals surface area (Å²) in [6.07, 6.45) is 4.22. The highest BCUT2D eigenvalue weighted by atomic mass is 35.5. The summed E-state index contributed by atoms with van der Waals surface area (Å²) in [5.74, 6) is 1.04. The Balaban J connectivity index is 1.76. The van der Waals surface area contributed by atoms with Gasteiger partial charge in [0.2, 0.25) is 0 Å². The van der Waals surface area contributed by atoms with Gasteiger partial charge < -0.3 is 4.42 Å². The zero-order chi connectivity index (χ0) is 17.6. The Morgan fingerprint density at radius 2 is 1.80 bits per heavy atom.